The number of fused-ring (bicyclic) bond motifs is 1. The molecule has 1 N–H and O–H groups in total. The number of hydrogen-bond acceptors (Lipinski definition) is 3. The van der Waals surface area contributed by atoms with Gasteiger partial charge in [0.15, 0.2) is 0 Å². The lowest BCUT2D eigenvalue weighted by atomic mass is 10.1. The number of aliphatic hydroxyl groups excluding tert-OH is 1. The summed E-state index contributed by atoms with van der Waals surface area (Å²) < 4.78 is 3.10. The lowest BCUT2D eigenvalue weighted by Gasteiger charge is -2.28. The van der Waals surface area contributed by atoms with E-state index in [0.29, 0.717) is 11.4 Å². The minimum absolute atomic E-state index is 0.535. The van der Waals surface area contributed by atoms with E-state index in [4.69, 9.17) is 11.6 Å². The van der Waals surface area contributed by atoms with Gasteiger partial charge in [-0.1, -0.05) is 33.6 Å². The first-order chi connectivity index (χ1) is 10.1. The number of hydrogen-bond donors (Lipinski definition) is 1. The number of imidazole rings is 1. The number of benzene rings is 1. The summed E-state index contributed by atoms with van der Waals surface area (Å²) in [7, 11) is 0. The van der Waals surface area contributed by atoms with E-state index in [1.807, 2.05) is 30.6 Å². The zero-order valence-electron chi connectivity index (χ0n) is 11.5. The molecule has 0 bridgehead atoms. The number of halogens is 2. The van der Waals surface area contributed by atoms with Crippen LogP contribution in [-0.2, 0) is 13.1 Å². The maximum atomic E-state index is 10.3. The van der Waals surface area contributed by atoms with Crippen LogP contribution in [0.3, 0.4) is 0 Å². The first kappa shape index (κ1) is 15.0. The van der Waals surface area contributed by atoms with Gasteiger partial charge in [-0.05, 0) is 24.1 Å². The Bertz CT molecular complexity index is 631. The average Bonchev–Trinajstić information content (AvgIpc) is 2.92. The Labute approximate surface area is 137 Å². The Balaban J connectivity index is 1.58. The van der Waals surface area contributed by atoms with Gasteiger partial charge in [0.1, 0.15) is 5.82 Å². The van der Waals surface area contributed by atoms with Crippen LogP contribution in [0.25, 0.3) is 0 Å². The summed E-state index contributed by atoms with van der Waals surface area (Å²) in [6.07, 6.45) is 3.99. The van der Waals surface area contributed by atoms with Crippen molar-refractivity contribution in [2.75, 3.05) is 13.1 Å². The third kappa shape index (κ3) is 3.48. The minimum atomic E-state index is -0.535. The van der Waals surface area contributed by atoms with Crippen LogP contribution in [0.1, 0.15) is 23.9 Å². The predicted octanol–water partition coefficient (Wildman–Crippen LogP) is 3.24. The molecule has 1 aliphatic rings. The largest absolute Gasteiger partial charge is 0.388 e. The van der Waals surface area contributed by atoms with Gasteiger partial charge in [-0.15, -0.1) is 0 Å². The SMILES string of the molecule is OC(CCN1CCn2ccnc2C1)c1ccc(Br)cc1Cl. The lowest BCUT2D eigenvalue weighted by Crippen LogP contribution is -2.34. The lowest BCUT2D eigenvalue weighted by molar-refractivity contribution is 0.130. The fraction of sp³-hybridized carbons (Fsp3) is 0.400. The van der Waals surface area contributed by atoms with Crippen LogP contribution in [0.2, 0.25) is 5.02 Å². The van der Waals surface area contributed by atoms with E-state index in [1.165, 1.54) is 0 Å². The highest BCUT2D eigenvalue weighted by Crippen LogP contribution is 2.28. The van der Waals surface area contributed by atoms with E-state index in [2.05, 4.69) is 30.4 Å². The van der Waals surface area contributed by atoms with Crippen molar-refractivity contribution in [1.29, 1.82) is 0 Å². The second-order valence-electron chi connectivity index (χ2n) is 5.28. The molecule has 0 spiro atoms. The van der Waals surface area contributed by atoms with Gasteiger partial charge in [0.2, 0.25) is 0 Å². The van der Waals surface area contributed by atoms with Crippen LogP contribution in [0.5, 0.6) is 0 Å². The quantitative estimate of drug-likeness (QED) is 0.898. The number of nitrogens with zero attached hydrogens (tertiary/aromatic N) is 3. The van der Waals surface area contributed by atoms with Gasteiger partial charge in [-0.25, -0.2) is 4.98 Å². The van der Waals surface area contributed by atoms with Crippen LogP contribution in [0, 0.1) is 0 Å². The first-order valence-corrected chi connectivity index (χ1v) is 8.16. The average molecular weight is 371 g/mol. The molecular formula is C15H17BrClN3O. The summed E-state index contributed by atoms with van der Waals surface area (Å²) in [6, 6.07) is 5.60. The van der Waals surface area contributed by atoms with E-state index in [-0.39, 0.29) is 0 Å². The molecule has 3 rings (SSSR count). The maximum Gasteiger partial charge on any atom is 0.122 e. The Morgan fingerprint density at radius 1 is 1.38 bits per heavy atom. The fourth-order valence-corrected chi connectivity index (χ4v) is 3.45. The van der Waals surface area contributed by atoms with Gasteiger partial charge >= 0.3 is 0 Å². The fourth-order valence-electron chi connectivity index (χ4n) is 2.65. The van der Waals surface area contributed by atoms with Crippen molar-refractivity contribution in [2.45, 2.75) is 25.6 Å². The summed E-state index contributed by atoms with van der Waals surface area (Å²) in [6.45, 7) is 3.63. The molecule has 2 heterocycles. The van der Waals surface area contributed by atoms with Gasteiger partial charge in [0.25, 0.3) is 0 Å². The molecule has 0 fully saturated rings. The van der Waals surface area contributed by atoms with E-state index in [1.54, 1.807) is 0 Å². The summed E-state index contributed by atoms with van der Waals surface area (Å²) in [5, 5.41) is 10.9. The molecule has 4 nitrogen and oxygen atoms in total. The van der Waals surface area contributed by atoms with Crippen LogP contribution in [0.15, 0.2) is 35.1 Å². The highest BCUT2D eigenvalue weighted by Gasteiger charge is 2.18. The minimum Gasteiger partial charge on any atom is -0.388 e. The van der Waals surface area contributed by atoms with Crippen molar-refractivity contribution in [2.24, 2.45) is 0 Å². The molecule has 0 amide bonds. The van der Waals surface area contributed by atoms with Gasteiger partial charge in [0.05, 0.1) is 12.6 Å². The smallest absolute Gasteiger partial charge is 0.122 e. The molecule has 0 saturated heterocycles. The summed E-state index contributed by atoms with van der Waals surface area (Å²) in [5.41, 5.74) is 0.790. The zero-order valence-corrected chi connectivity index (χ0v) is 13.9. The topological polar surface area (TPSA) is 41.3 Å². The molecule has 0 aliphatic carbocycles. The molecule has 2 aromatic rings. The van der Waals surface area contributed by atoms with Crippen molar-refractivity contribution < 1.29 is 5.11 Å². The van der Waals surface area contributed by atoms with Gasteiger partial charge in [-0.3, -0.25) is 4.90 Å². The van der Waals surface area contributed by atoms with Crippen molar-refractivity contribution >= 4 is 27.5 Å². The maximum absolute atomic E-state index is 10.3. The van der Waals surface area contributed by atoms with Crippen LogP contribution in [-0.4, -0.2) is 32.6 Å². The summed E-state index contributed by atoms with van der Waals surface area (Å²) >= 11 is 9.56. The number of aromatic nitrogens is 2. The highest BCUT2D eigenvalue weighted by atomic mass is 79.9. The van der Waals surface area contributed by atoms with Crippen molar-refractivity contribution in [3.05, 3.63) is 51.5 Å². The van der Waals surface area contributed by atoms with Crippen molar-refractivity contribution in [3.8, 4) is 0 Å². The molecule has 1 unspecified atom stereocenters. The summed E-state index contributed by atoms with van der Waals surface area (Å²) in [4.78, 5) is 6.67. The second kappa shape index (κ2) is 6.48. The van der Waals surface area contributed by atoms with Crippen LogP contribution in [0.4, 0.5) is 0 Å². The molecule has 0 saturated carbocycles. The van der Waals surface area contributed by atoms with Crippen LogP contribution >= 0.6 is 27.5 Å². The van der Waals surface area contributed by atoms with E-state index in [9.17, 15) is 5.11 Å². The molecule has 21 heavy (non-hydrogen) atoms. The van der Waals surface area contributed by atoms with Crippen LogP contribution < -0.4 is 0 Å². The third-order valence-electron chi connectivity index (χ3n) is 3.86. The number of aliphatic hydroxyl groups is 1. The number of rotatable bonds is 4. The Kier molecular flexibility index (Phi) is 4.64. The van der Waals surface area contributed by atoms with Crippen molar-refractivity contribution in [3.63, 3.8) is 0 Å². The Hall–Kier alpha value is -0.880. The zero-order chi connectivity index (χ0) is 14.8. The molecule has 1 aromatic carbocycles. The van der Waals surface area contributed by atoms with Gasteiger partial charge in [-0.2, -0.15) is 0 Å². The highest BCUT2D eigenvalue weighted by molar-refractivity contribution is 9.10. The second-order valence-corrected chi connectivity index (χ2v) is 6.61. The molecule has 1 aliphatic heterocycles. The third-order valence-corrected chi connectivity index (χ3v) is 4.68. The Morgan fingerprint density at radius 3 is 3.05 bits per heavy atom. The normalized spacial score (nSPS) is 16.7. The van der Waals surface area contributed by atoms with Crippen molar-refractivity contribution in [1.82, 2.24) is 14.5 Å². The Morgan fingerprint density at radius 2 is 2.24 bits per heavy atom. The standard InChI is InChI=1S/C15H17BrClN3O/c16-11-1-2-12(13(17)9-11)14(21)3-5-19-7-8-20-6-4-18-15(20)10-19/h1-2,4,6,9,14,21H,3,5,7-8,10H2. The molecule has 0 radical (unpaired) electrons. The molecule has 1 atom stereocenters. The van der Waals surface area contributed by atoms with Gasteiger partial charge in [0, 0.05) is 41.5 Å². The monoisotopic (exact) mass is 369 g/mol. The van der Waals surface area contributed by atoms with E-state index in [0.717, 1.165) is 42.0 Å². The first-order valence-electron chi connectivity index (χ1n) is 6.99. The van der Waals surface area contributed by atoms with E-state index < -0.39 is 6.10 Å². The molecule has 1 aromatic heterocycles. The summed E-state index contributed by atoms with van der Waals surface area (Å²) in [5.74, 6) is 1.09. The van der Waals surface area contributed by atoms with Gasteiger partial charge < -0.3 is 9.67 Å². The molecule has 6 heteroatoms. The molecular weight excluding hydrogens is 354 g/mol. The van der Waals surface area contributed by atoms with E-state index >= 15 is 0 Å². The molecule has 112 valence electrons. The predicted molar refractivity (Wildman–Crippen MR) is 86.2 cm³/mol.